The fourth-order valence-corrected chi connectivity index (χ4v) is 4.98. The van der Waals surface area contributed by atoms with Gasteiger partial charge in [0.1, 0.15) is 6.04 Å². The van der Waals surface area contributed by atoms with Crippen molar-refractivity contribution in [2.75, 3.05) is 19.6 Å². The highest BCUT2D eigenvalue weighted by atomic mass is 32.1. The van der Waals surface area contributed by atoms with Crippen LogP contribution in [-0.2, 0) is 16.1 Å². The van der Waals surface area contributed by atoms with Crippen LogP contribution in [0.4, 0.5) is 0 Å². The van der Waals surface area contributed by atoms with Crippen molar-refractivity contribution in [2.24, 2.45) is 5.41 Å². The van der Waals surface area contributed by atoms with Gasteiger partial charge < -0.3 is 10.0 Å². The van der Waals surface area contributed by atoms with Crippen LogP contribution in [0.1, 0.15) is 56.5 Å². The predicted molar refractivity (Wildman–Crippen MR) is 94.4 cm³/mol. The quantitative estimate of drug-likeness (QED) is 0.876. The van der Waals surface area contributed by atoms with Gasteiger partial charge >= 0.3 is 5.97 Å². The van der Waals surface area contributed by atoms with Gasteiger partial charge in [0, 0.05) is 33.1 Å². The zero-order valence-corrected chi connectivity index (χ0v) is 15.9. The summed E-state index contributed by atoms with van der Waals surface area (Å²) in [4.78, 5) is 28.4. The highest BCUT2D eigenvalue weighted by Gasteiger charge is 2.48. The molecule has 2 fully saturated rings. The van der Waals surface area contributed by atoms with Crippen LogP contribution >= 0.6 is 11.5 Å². The molecule has 138 valence electrons. The van der Waals surface area contributed by atoms with Crippen molar-refractivity contribution in [1.29, 1.82) is 0 Å². The maximum absolute atomic E-state index is 11.8. The zero-order valence-electron chi connectivity index (χ0n) is 15.1. The number of carbonyl (C=O) groups is 2. The smallest absolute Gasteiger partial charge is 0.320 e. The molecule has 0 aromatic carbocycles. The Balaban J connectivity index is 1.74. The van der Waals surface area contributed by atoms with Crippen molar-refractivity contribution in [2.45, 2.75) is 58.5 Å². The number of rotatable bonds is 4. The molecule has 0 radical (unpaired) electrons. The minimum absolute atomic E-state index is 0.00508. The molecule has 3 rings (SSSR count). The first-order chi connectivity index (χ1) is 11.8. The maximum atomic E-state index is 11.8. The number of carbonyl (C=O) groups excluding carboxylic acids is 1. The molecule has 1 amide bonds. The topological polar surface area (TPSA) is 86.6 Å². The van der Waals surface area contributed by atoms with E-state index in [2.05, 4.69) is 28.3 Å². The maximum Gasteiger partial charge on any atom is 0.320 e. The largest absolute Gasteiger partial charge is 0.480 e. The molecule has 2 aliphatic heterocycles. The molecular formula is C17H26N4O3S. The number of nitrogens with zero attached hydrogens (tertiary/aromatic N) is 4. The molecule has 25 heavy (non-hydrogen) atoms. The molecule has 3 heterocycles. The lowest BCUT2D eigenvalue weighted by Crippen LogP contribution is -2.43. The molecule has 0 bridgehead atoms. The summed E-state index contributed by atoms with van der Waals surface area (Å²) in [5, 5.41) is 13.9. The van der Waals surface area contributed by atoms with E-state index in [4.69, 9.17) is 0 Å². The van der Waals surface area contributed by atoms with Crippen LogP contribution in [0.25, 0.3) is 0 Å². The first kappa shape index (κ1) is 18.3. The summed E-state index contributed by atoms with van der Waals surface area (Å²) in [5.74, 6) is -0.362. The van der Waals surface area contributed by atoms with E-state index in [0.717, 1.165) is 43.0 Å². The number of piperidine rings is 1. The fraction of sp³-hybridized carbons (Fsp3) is 0.765. The van der Waals surface area contributed by atoms with Crippen molar-refractivity contribution in [3.63, 3.8) is 0 Å². The Hall–Kier alpha value is -1.54. The van der Waals surface area contributed by atoms with Gasteiger partial charge in [-0.25, -0.2) is 0 Å². The van der Waals surface area contributed by atoms with E-state index < -0.39 is 12.0 Å². The van der Waals surface area contributed by atoms with E-state index in [1.165, 1.54) is 11.5 Å². The number of carboxylic acids is 1. The number of carboxylic acid groups (broad SMARTS) is 1. The van der Waals surface area contributed by atoms with Gasteiger partial charge in [0.2, 0.25) is 5.91 Å². The standard InChI is InChI=1S/C17H26N4O3S/c1-11(2)15-14(25-19-18-15)9-21-10-17(8-13(21)16(23)24)4-6-20(7-5-17)12(3)22/h11,13H,4-10H2,1-3H3,(H,23,24). The van der Waals surface area contributed by atoms with E-state index in [9.17, 15) is 14.7 Å². The lowest BCUT2D eigenvalue weighted by atomic mass is 9.76. The Bertz CT molecular complexity index is 652. The molecule has 1 N–H and O–H groups in total. The van der Waals surface area contributed by atoms with Crippen LogP contribution < -0.4 is 0 Å². The molecular weight excluding hydrogens is 340 g/mol. The average Bonchev–Trinajstić information content (AvgIpc) is 3.13. The number of amides is 1. The van der Waals surface area contributed by atoms with Gasteiger partial charge in [0.15, 0.2) is 0 Å². The molecule has 0 aliphatic carbocycles. The Labute approximate surface area is 152 Å². The third-order valence-corrected chi connectivity index (χ3v) is 6.36. The number of hydrogen-bond donors (Lipinski definition) is 1. The molecule has 1 spiro atoms. The number of aromatic nitrogens is 2. The molecule has 1 atom stereocenters. The number of hydrogen-bond acceptors (Lipinski definition) is 6. The summed E-state index contributed by atoms with van der Waals surface area (Å²) in [6.45, 7) is 8.59. The monoisotopic (exact) mass is 366 g/mol. The second-order valence-electron chi connectivity index (χ2n) is 7.71. The number of likely N-dealkylation sites (tertiary alicyclic amines) is 2. The van der Waals surface area contributed by atoms with Crippen LogP contribution in [0.5, 0.6) is 0 Å². The molecule has 1 aromatic heterocycles. The fourth-order valence-electron chi connectivity index (χ4n) is 4.16. The van der Waals surface area contributed by atoms with Crippen LogP contribution in [0, 0.1) is 5.41 Å². The summed E-state index contributed by atoms with van der Waals surface area (Å²) in [5.41, 5.74) is 0.979. The van der Waals surface area contributed by atoms with Crippen LogP contribution in [-0.4, -0.2) is 62.0 Å². The van der Waals surface area contributed by atoms with Gasteiger partial charge in [-0.2, -0.15) is 0 Å². The van der Waals surface area contributed by atoms with Gasteiger partial charge in [0.05, 0.1) is 10.6 Å². The Kier molecular flexibility index (Phi) is 5.11. The summed E-state index contributed by atoms with van der Waals surface area (Å²) in [7, 11) is 0. The molecule has 2 aliphatic rings. The predicted octanol–water partition coefficient (Wildman–Crippen LogP) is 1.95. The molecule has 1 aromatic rings. The minimum atomic E-state index is -0.755. The second-order valence-corrected chi connectivity index (χ2v) is 8.54. The summed E-state index contributed by atoms with van der Waals surface area (Å²) < 4.78 is 4.06. The molecule has 7 nitrogen and oxygen atoms in total. The Morgan fingerprint density at radius 2 is 2.04 bits per heavy atom. The first-order valence-electron chi connectivity index (χ1n) is 8.85. The van der Waals surface area contributed by atoms with Gasteiger partial charge in [-0.05, 0) is 42.1 Å². The first-order valence-corrected chi connectivity index (χ1v) is 9.62. The van der Waals surface area contributed by atoms with E-state index in [0.29, 0.717) is 13.0 Å². The van der Waals surface area contributed by atoms with Gasteiger partial charge in [-0.1, -0.05) is 18.3 Å². The summed E-state index contributed by atoms with van der Waals surface area (Å²) in [6, 6.07) is -0.467. The molecule has 1 unspecified atom stereocenters. The average molecular weight is 366 g/mol. The highest BCUT2D eigenvalue weighted by molar-refractivity contribution is 7.05. The Morgan fingerprint density at radius 1 is 1.36 bits per heavy atom. The van der Waals surface area contributed by atoms with Crippen molar-refractivity contribution in [3.05, 3.63) is 10.6 Å². The van der Waals surface area contributed by atoms with Crippen molar-refractivity contribution in [1.82, 2.24) is 19.4 Å². The lowest BCUT2D eigenvalue weighted by Gasteiger charge is -2.39. The molecule has 8 heteroatoms. The third-order valence-electron chi connectivity index (χ3n) is 5.64. The van der Waals surface area contributed by atoms with Gasteiger partial charge in [0.25, 0.3) is 0 Å². The SMILES string of the molecule is CC(=O)N1CCC2(CC1)CC(C(=O)O)N(Cc1snnc1C(C)C)C2. The zero-order chi connectivity index (χ0) is 18.2. The van der Waals surface area contributed by atoms with Crippen LogP contribution in [0.15, 0.2) is 0 Å². The van der Waals surface area contributed by atoms with E-state index in [1.54, 1.807) is 6.92 Å². The minimum Gasteiger partial charge on any atom is -0.480 e. The summed E-state index contributed by atoms with van der Waals surface area (Å²) >= 11 is 1.37. The lowest BCUT2D eigenvalue weighted by molar-refractivity contribution is -0.142. The van der Waals surface area contributed by atoms with Crippen molar-refractivity contribution >= 4 is 23.4 Å². The van der Waals surface area contributed by atoms with Crippen molar-refractivity contribution < 1.29 is 14.7 Å². The third kappa shape index (κ3) is 3.69. The van der Waals surface area contributed by atoms with E-state index in [-0.39, 0.29) is 17.2 Å². The highest BCUT2D eigenvalue weighted by Crippen LogP contribution is 2.44. The molecule has 0 saturated carbocycles. The Morgan fingerprint density at radius 3 is 2.60 bits per heavy atom. The normalized spacial score (nSPS) is 23.5. The summed E-state index contributed by atoms with van der Waals surface area (Å²) in [6.07, 6.45) is 2.42. The van der Waals surface area contributed by atoms with Crippen molar-refractivity contribution in [3.8, 4) is 0 Å². The van der Waals surface area contributed by atoms with Gasteiger partial charge in [-0.3, -0.25) is 14.5 Å². The number of aliphatic carboxylic acids is 1. The van der Waals surface area contributed by atoms with Gasteiger partial charge in [-0.15, -0.1) is 5.10 Å². The van der Waals surface area contributed by atoms with E-state index in [1.807, 2.05) is 4.90 Å². The van der Waals surface area contributed by atoms with E-state index >= 15 is 0 Å². The second kappa shape index (κ2) is 6.99. The van der Waals surface area contributed by atoms with Crippen LogP contribution in [0.2, 0.25) is 0 Å². The molecule has 2 saturated heterocycles. The van der Waals surface area contributed by atoms with Crippen LogP contribution in [0.3, 0.4) is 0 Å².